The first kappa shape index (κ1) is 38.4. The number of benzene rings is 4. The zero-order chi connectivity index (χ0) is 36.8. The number of hydrogen-bond donors (Lipinski definition) is 4. The number of carbonyl (C=O) groups excluding carboxylic acids is 4. The van der Waals surface area contributed by atoms with Gasteiger partial charge in [-0.3, -0.25) is 19.6 Å². The molecule has 0 heterocycles. The minimum absolute atomic E-state index is 0.149. The van der Waals surface area contributed by atoms with Gasteiger partial charge < -0.3 is 21.3 Å². The van der Waals surface area contributed by atoms with E-state index in [1.807, 2.05) is 97.1 Å². The molecule has 4 aromatic rings. The van der Waals surface area contributed by atoms with Gasteiger partial charge in [0.25, 0.3) is 0 Å². The molecule has 0 aliphatic carbocycles. The molecule has 0 unspecified atom stereocenters. The second-order valence-corrected chi connectivity index (χ2v) is 11.5. The van der Waals surface area contributed by atoms with Gasteiger partial charge >= 0.3 is 24.1 Å². The number of hydrogen-bond acceptors (Lipinski definition) is 4. The number of amides is 8. The third-order valence-electron chi connectivity index (χ3n) is 8.19. The van der Waals surface area contributed by atoms with Gasteiger partial charge in [0.15, 0.2) is 0 Å². The Morgan fingerprint density at radius 2 is 0.520 bits per heavy atom. The molecule has 50 heavy (non-hydrogen) atoms. The average molecular weight is 681 g/mol. The van der Waals surface area contributed by atoms with Gasteiger partial charge in [0.2, 0.25) is 0 Å². The van der Waals surface area contributed by atoms with E-state index in [9.17, 15) is 19.2 Å². The quantitative estimate of drug-likeness (QED) is 0.192. The van der Waals surface area contributed by atoms with Crippen LogP contribution in [0.5, 0.6) is 0 Å². The number of anilines is 4. The molecule has 0 radical (unpaired) electrons. The van der Waals surface area contributed by atoms with Crippen molar-refractivity contribution in [1.29, 1.82) is 0 Å². The number of urea groups is 4. The Morgan fingerprint density at radius 1 is 0.360 bits per heavy atom. The molecule has 0 aliphatic rings. The lowest BCUT2D eigenvalue weighted by molar-refractivity contribution is 0.248. The van der Waals surface area contributed by atoms with Crippen molar-refractivity contribution in [1.82, 2.24) is 21.3 Å². The van der Waals surface area contributed by atoms with E-state index in [2.05, 4.69) is 21.3 Å². The zero-order valence-corrected chi connectivity index (χ0v) is 30.1. The van der Waals surface area contributed by atoms with Crippen LogP contribution in [0.3, 0.4) is 0 Å². The summed E-state index contributed by atoms with van der Waals surface area (Å²) in [4.78, 5) is 52.8. The molecule has 0 saturated heterocycles. The summed E-state index contributed by atoms with van der Waals surface area (Å²) in [6.07, 6.45) is 1.57. The fourth-order valence-corrected chi connectivity index (χ4v) is 4.96. The van der Waals surface area contributed by atoms with Crippen LogP contribution in [-0.4, -0.2) is 80.5 Å². The van der Waals surface area contributed by atoms with E-state index in [1.165, 1.54) is 0 Å². The van der Waals surface area contributed by atoms with E-state index in [-0.39, 0.29) is 24.1 Å². The Hall–Kier alpha value is -6.04. The summed E-state index contributed by atoms with van der Waals surface area (Å²) >= 11 is 0. The van der Waals surface area contributed by atoms with Crippen molar-refractivity contribution in [2.75, 3.05) is 76.0 Å². The molecule has 0 atom stereocenters. The monoisotopic (exact) mass is 680 g/mol. The number of carbonyl (C=O) groups is 4. The highest BCUT2D eigenvalue weighted by Crippen LogP contribution is 2.21. The molecular weight excluding hydrogens is 632 g/mol. The van der Waals surface area contributed by atoms with Crippen molar-refractivity contribution < 1.29 is 19.2 Å². The molecule has 4 rings (SSSR count). The molecule has 0 saturated carbocycles. The van der Waals surface area contributed by atoms with Crippen molar-refractivity contribution in [3.8, 4) is 0 Å². The lowest BCUT2D eigenvalue weighted by Crippen LogP contribution is -2.34. The normalized spacial score (nSPS) is 10.1. The van der Waals surface area contributed by atoms with E-state index < -0.39 is 0 Å². The molecule has 0 bridgehead atoms. The minimum Gasteiger partial charge on any atom is -0.341 e. The lowest BCUT2D eigenvalue weighted by atomic mass is 10.0. The van der Waals surface area contributed by atoms with Crippen LogP contribution in [-0.2, 0) is 12.8 Å². The van der Waals surface area contributed by atoms with Crippen LogP contribution in [0.15, 0.2) is 97.1 Å². The predicted octanol–water partition coefficient (Wildman–Crippen LogP) is 5.66. The molecule has 264 valence electrons. The van der Waals surface area contributed by atoms with Crippen molar-refractivity contribution in [2.45, 2.75) is 12.8 Å². The van der Waals surface area contributed by atoms with Gasteiger partial charge in [0.1, 0.15) is 0 Å². The number of nitrogens with one attached hydrogen (secondary N) is 4. The number of nitrogens with zero attached hydrogens (tertiary/aromatic N) is 4. The zero-order valence-electron chi connectivity index (χ0n) is 30.1. The molecule has 0 aliphatic heterocycles. The van der Waals surface area contributed by atoms with Crippen molar-refractivity contribution in [3.63, 3.8) is 0 Å². The first-order valence-electron chi connectivity index (χ1n) is 16.1. The Kier molecular flexibility index (Phi) is 14.2. The molecule has 12 heteroatoms. The Morgan fingerprint density at radius 3 is 0.660 bits per heavy atom. The van der Waals surface area contributed by atoms with Crippen LogP contribution in [0.4, 0.5) is 41.9 Å². The summed E-state index contributed by atoms with van der Waals surface area (Å²) in [5.74, 6) is 0. The SMILES string of the molecule is CNC(=O)N(C)c1ccc(Cc2ccc(N(C)C(=O)NC)cc2)cc1.CNC(=O)N(C)c1ccc(Cc2ccc(N(C)C(=O)NC)cc2)cc1. The van der Waals surface area contributed by atoms with Gasteiger partial charge in [-0.25, -0.2) is 19.2 Å². The van der Waals surface area contributed by atoms with Gasteiger partial charge in [-0.2, -0.15) is 0 Å². The van der Waals surface area contributed by atoms with E-state index in [1.54, 1.807) is 76.0 Å². The van der Waals surface area contributed by atoms with Crippen molar-refractivity contribution >= 4 is 46.9 Å². The van der Waals surface area contributed by atoms with E-state index in [4.69, 9.17) is 0 Å². The number of rotatable bonds is 8. The van der Waals surface area contributed by atoms with Crippen LogP contribution in [0.1, 0.15) is 22.3 Å². The van der Waals surface area contributed by atoms with Gasteiger partial charge in [0.05, 0.1) is 0 Å². The van der Waals surface area contributed by atoms with E-state index in [0.29, 0.717) is 0 Å². The molecule has 4 aromatic carbocycles. The maximum absolute atomic E-state index is 11.6. The second kappa shape index (κ2) is 18.5. The lowest BCUT2D eigenvalue weighted by Gasteiger charge is -2.17. The molecule has 12 nitrogen and oxygen atoms in total. The fraction of sp³-hybridized carbons (Fsp3) is 0.263. The summed E-state index contributed by atoms with van der Waals surface area (Å²) in [6.45, 7) is 0. The Bertz CT molecular complexity index is 1450. The summed E-state index contributed by atoms with van der Waals surface area (Å²) in [6, 6.07) is 30.9. The summed E-state index contributed by atoms with van der Waals surface area (Å²) < 4.78 is 0. The van der Waals surface area contributed by atoms with E-state index >= 15 is 0 Å². The first-order valence-corrected chi connectivity index (χ1v) is 16.1. The van der Waals surface area contributed by atoms with Gasteiger partial charge in [-0.05, 0) is 83.6 Å². The van der Waals surface area contributed by atoms with Crippen LogP contribution >= 0.6 is 0 Å². The summed E-state index contributed by atoms with van der Waals surface area (Å²) in [7, 11) is 13.4. The van der Waals surface area contributed by atoms with Gasteiger partial charge in [-0.1, -0.05) is 48.5 Å². The highest BCUT2D eigenvalue weighted by Gasteiger charge is 2.12. The average Bonchev–Trinajstić information content (AvgIpc) is 3.16. The summed E-state index contributed by atoms with van der Waals surface area (Å²) in [5, 5.41) is 10.4. The van der Waals surface area contributed by atoms with Crippen LogP contribution in [0, 0.1) is 0 Å². The second-order valence-electron chi connectivity index (χ2n) is 11.5. The maximum Gasteiger partial charge on any atom is 0.321 e. The largest absolute Gasteiger partial charge is 0.341 e. The topological polar surface area (TPSA) is 129 Å². The first-order chi connectivity index (χ1) is 23.9. The molecule has 8 amide bonds. The predicted molar refractivity (Wildman–Crippen MR) is 203 cm³/mol. The maximum atomic E-state index is 11.6. The third-order valence-corrected chi connectivity index (χ3v) is 8.19. The molecule has 4 N–H and O–H groups in total. The Labute approximate surface area is 295 Å². The van der Waals surface area contributed by atoms with Crippen molar-refractivity contribution in [3.05, 3.63) is 119 Å². The minimum atomic E-state index is -0.149. The van der Waals surface area contributed by atoms with Crippen LogP contribution in [0.2, 0.25) is 0 Å². The van der Waals surface area contributed by atoms with Gasteiger partial charge in [-0.15, -0.1) is 0 Å². The molecule has 0 aromatic heterocycles. The summed E-state index contributed by atoms with van der Waals surface area (Å²) in [5.41, 5.74) is 7.97. The van der Waals surface area contributed by atoms with Gasteiger partial charge in [0, 0.05) is 79.1 Å². The van der Waals surface area contributed by atoms with E-state index in [0.717, 1.165) is 57.8 Å². The van der Waals surface area contributed by atoms with Crippen LogP contribution < -0.4 is 40.9 Å². The Balaban J connectivity index is 0.000000270. The molecular formula is C38H48N8O4. The molecule has 0 fully saturated rings. The third kappa shape index (κ3) is 10.5. The standard InChI is InChI=1S/2C19H24N4O2/c2*1-20-18(24)22(3)16-9-5-14(6-10-16)13-15-7-11-17(12-8-15)23(4)19(25)21-2/h2*5-12H,13H2,1-4H3,(H,20,24)(H,21,25). The fourth-order valence-electron chi connectivity index (χ4n) is 4.96. The highest BCUT2D eigenvalue weighted by molar-refractivity contribution is 5.93. The van der Waals surface area contributed by atoms with Crippen molar-refractivity contribution in [2.24, 2.45) is 0 Å². The highest BCUT2D eigenvalue weighted by atomic mass is 16.2. The van der Waals surface area contributed by atoms with Crippen LogP contribution in [0.25, 0.3) is 0 Å². The molecule has 0 spiro atoms. The smallest absolute Gasteiger partial charge is 0.321 e.